The Balaban J connectivity index is 1.81. The standard InChI is InChI=1S/C31H36N2O7S/c1-6-16-32-24-19-20(28(34)35)14-15-22(24)30(2,3)25(32)12-8-13-26-31(4,5)27-21(29(36)37)10-7-11-23(27)33(26)17-9-18-41(38,39)40/h7-8,10-15,19H,6,9,16-18H2,1-5H3,(H2-,34,35,36,37,38,39,40)/p+1. The zero-order valence-electron chi connectivity index (χ0n) is 24.0. The van der Waals surface area contributed by atoms with Crippen molar-refractivity contribution in [3.8, 4) is 0 Å². The van der Waals surface area contributed by atoms with Crippen molar-refractivity contribution >= 4 is 39.1 Å². The van der Waals surface area contributed by atoms with Crippen LogP contribution in [-0.2, 0) is 20.9 Å². The number of carboxylic acid groups (broad SMARTS) is 2. The molecular formula is C31H37N2O7S+. The predicted octanol–water partition coefficient (Wildman–Crippen LogP) is 5.39. The van der Waals surface area contributed by atoms with Crippen LogP contribution in [0.4, 0.5) is 11.4 Å². The molecule has 0 amide bonds. The molecule has 9 nitrogen and oxygen atoms in total. The predicted molar refractivity (Wildman–Crippen MR) is 159 cm³/mol. The molecule has 0 saturated heterocycles. The Morgan fingerprint density at radius 1 is 1.02 bits per heavy atom. The second-order valence-corrected chi connectivity index (χ2v) is 13.1. The average molecular weight is 582 g/mol. The number of fused-ring (bicyclic) bond motifs is 2. The third-order valence-corrected chi connectivity index (χ3v) is 8.80. The molecular weight excluding hydrogens is 544 g/mol. The molecule has 41 heavy (non-hydrogen) atoms. The number of aromatic carboxylic acids is 2. The highest BCUT2D eigenvalue weighted by atomic mass is 32.2. The van der Waals surface area contributed by atoms with E-state index in [0.717, 1.165) is 29.1 Å². The zero-order chi connectivity index (χ0) is 30.3. The van der Waals surface area contributed by atoms with Crippen LogP contribution < -0.4 is 4.90 Å². The van der Waals surface area contributed by atoms with Gasteiger partial charge in [-0.25, -0.2) is 9.59 Å². The lowest BCUT2D eigenvalue weighted by Crippen LogP contribution is -2.29. The van der Waals surface area contributed by atoms with Crippen LogP contribution in [-0.4, -0.2) is 64.3 Å². The highest BCUT2D eigenvalue weighted by molar-refractivity contribution is 7.85. The number of carboxylic acids is 2. The van der Waals surface area contributed by atoms with E-state index in [4.69, 9.17) is 0 Å². The van der Waals surface area contributed by atoms with Gasteiger partial charge in [0.2, 0.25) is 5.69 Å². The van der Waals surface area contributed by atoms with Gasteiger partial charge in [-0.15, -0.1) is 0 Å². The molecule has 0 fully saturated rings. The Bertz CT molecular complexity index is 1610. The summed E-state index contributed by atoms with van der Waals surface area (Å²) in [5.74, 6) is -2.43. The van der Waals surface area contributed by atoms with Crippen molar-refractivity contribution in [3.63, 3.8) is 0 Å². The van der Waals surface area contributed by atoms with E-state index in [1.54, 1.807) is 24.3 Å². The molecule has 0 radical (unpaired) electrons. The maximum Gasteiger partial charge on any atom is 0.336 e. The fraction of sp³-hybridized carbons (Fsp3) is 0.387. The van der Waals surface area contributed by atoms with Crippen molar-refractivity contribution in [1.82, 2.24) is 0 Å². The number of anilines is 1. The molecule has 0 aromatic heterocycles. The Kier molecular flexibility index (Phi) is 8.03. The molecule has 0 saturated carbocycles. The SMILES string of the molecule is CCCN1/C(=C/C=C/C2=[N+](CCCS(=O)(=O)O)c3cccc(C(=O)O)c3C2(C)C)C(C)(C)c2ccc(C(=O)O)cc21. The topological polar surface area (TPSA) is 135 Å². The lowest BCUT2D eigenvalue weighted by Gasteiger charge is -2.26. The van der Waals surface area contributed by atoms with Crippen molar-refractivity contribution in [2.75, 3.05) is 23.7 Å². The normalized spacial score (nSPS) is 18.3. The smallest absolute Gasteiger partial charge is 0.336 e. The summed E-state index contributed by atoms with van der Waals surface area (Å²) in [4.78, 5) is 26.0. The first-order valence-electron chi connectivity index (χ1n) is 13.6. The van der Waals surface area contributed by atoms with E-state index < -0.39 is 38.6 Å². The van der Waals surface area contributed by atoms with Crippen molar-refractivity contribution in [2.45, 2.75) is 58.3 Å². The minimum atomic E-state index is -4.15. The molecule has 0 unspecified atom stereocenters. The molecule has 4 rings (SSSR count). The highest BCUT2D eigenvalue weighted by Crippen LogP contribution is 2.48. The zero-order valence-corrected chi connectivity index (χ0v) is 24.8. The highest BCUT2D eigenvalue weighted by Gasteiger charge is 2.47. The molecule has 218 valence electrons. The fourth-order valence-electron chi connectivity index (χ4n) is 6.15. The number of rotatable bonds is 10. The second-order valence-electron chi connectivity index (χ2n) is 11.5. The van der Waals surface area contributed by atoms with Gasteiger partial charge >= 0.3 is 11.9 Å². The first-order chi connectivity index (χ1) is 19.1. The number of benzene rings is 2. The van der Waals surface area contributed by atoms with Gasteiger partial charge in [0, 0.05) is 41.9 Å². The summed E-state index contributed by atoms with van der Waals surface area (Å²) in [5, 5.41) is 19.5. The first-order valence-corrected chi connectivity index (χ1v) is 15.2. The van der Waals surface area contributed by atoms with Gasteiger partial charge in [0.25, 0.3) is 10.1 Å². The minimum absolute atomic E-state index is 0.155. The molecule has 0 atom stereocenters. The van der Waals surface area contributed by atoms with E-state index in [1.165, 1.54) is 0 Å². The molecule has 2 aliphatic rings. The van der Waals surface area contributed by atoms with Gasteiger partial charge in [0.05, 0.1) is 27.9 Å². The third-order valence-electron chi connectivity index (χ3n) is 8.00. The summed E-state index contributed by atoms with van der Waals surface area (Å²) in [6.45, 7) is 11.1. The molecule has 0 aliphatic carbocycles. The van der Waals surface area contributed by atoms with Crippen LogP contribution in [0.1, 0.15) is 79.3 Å². The molecule has 0 bridgehead atoms. The summed E-state index contributed by atoms with van der Waals surface area (Å²) >= 11 is 0. The number of hydrogen-bond donors (Lipinski definition) is 3. The maximum absolute atomic E-state index is 12.1. The van der Waals surface area contributed by atoms with Crippen LogP contribution in [0.25, 0.3) is 0 Å². The summed E-state index contributed by atoms with van der Waals surface area (Å²) < 4.78 is 34.0. The Morgan fingerprint density at radius 3 is 2.34 bits per heavy atom. The monoisotopic (exact) mass is 581 g/mol. The average Bonchev–Trinajstić information content (AvgIpc) is 3.22. The van der Waals surface area contributed by atoms with Crippen LogP contribution in [0.5, 0.6) is 0 Å². The fourth-order valence-corrected chi connectivity index (χ4v) is 6.65. The van der Waals surface area contributed by atoms with E-state index in [0.29, 0.717) is 17.8 Å². The van der Waals surface area contributed by atoms with Gasteiger partial charge in [-0.2, -0.15) is 13.0 Å². The number of allylic oxidation sites excluding steroid dienone is 4. The van der Waals surface area contributed by atoms with Crippen LogP contribution >= 0.6 is 0 Å². The molecule has 2 aromatic rings. The van der Waals surface area contributed by atoms with Crippen LogP contribution in [0, 0.1) is 0 Å². The molecule has 0 spiro atoms. The molecule has 2 heterocycles. The van der Waals surface area contributed by atoms with E-state index in [-0.39, 0.29) is 24.1 Å². The summed E-state index contributed by atoms with van der Waals surface area (Å²) in [6.07, 6.45) is 6.87. The summed E-state index contributed by atoms with van der Waals surface area (Å²) in [6, 6.07) is 10.3. The molecule has 2 aliphatic heterocycles. The Morgan fingerprint density at radius 2 is 1.73 bits per heavy atom. The maximum atomic E-state index is 12.1. The molecule has 10 heteroatoms. The largest absolute Gasteiger partial charge is 0.478 e. The van der Waals surface area contributed by atoms with Gasteiger partial charge in [-0.05, 0) is 50.1 Å². The lowest BCUT2D eigenvalue weighted by atomic mass is 9.79. The van der Waals surface area contributed by atoms with E-state index in [9.17, 15) is 32.8 Å². The van der Waals surface area contributed by atoms with Gasteiger partial charge in [-0.1, -0.05) is 39.0 Å². The first kappa shape index (κ1) is 30.2. The Hall–Kier alpha value is -3.76. The van der Waals surface area contributed by atoms with Crippen molar-refractivity contribution in [3.05, 3.63) is 82.6 Å². The lowest BCUT2D eigenvalue weighted by molar-refractivity contribution is -0.437. The van der Waals surface area contributed by atoms with Gasteiger partial charge in [0.15, 0.2) is 5.71 Å². The van der Waals surface area contributed by atoms with Gasteiger partial charge in [0.1, 0.15) is 6.54 Å². The Labute approximate surface area is 240 Å². The van der Waals surface area contributed by atoms with E-state index in [2.05, 4.69) is 25.7 Å². The van der Waals surface area contributed by atoms with E-state index >= 15 is 0 Å². The van der Waals surface area contributed by atoms with Crippen LogP contribution in [0.2, 0.25) is 0 Å². The number of nitrogens with zero attached hydrogens (tertiary/aromatic N) is 2. The van der Waals surface area contributed by atoms with Crippen LogP contribution in [0.3, 0.4) is 0 Å². The summed E-state index contributed by atoms with van der Waals surface area (Å²) in [7, 11) is -4.15. The number of hydrogen-bond acceptors (Lipinski definition) is 5. The van der Waals surface area contributed by atoms with Crippen LogP contribution in [0.15, 0.2) is 60.3 Å². The van der Waals surface area contributed by atoms with E-state index in [1.807, 2.05) is 48.8 Å². The van der Waals surface area contributed by atoms with Crippen molar-refractivity contribution in [2.24, 2.45) is 0 Å². The second kappa shape index (κ2) is 10.9. The van der Waals surface area contributed by atoms with Crippen molar-refractivity contribution in [1.29, 1.82) is 0 Å². The quantitative estimate of drug-likeness (QED) is 0.251. The van der Waals surface area contributed by atoms with Gasteiger partial charge in [-0.3, -0.25) is 4.55 Å². The summed E-state index contributed by atoms with van der Waals surface area (Å²) in [5.41, 5.74) is 4.38. The molecule has 3 N–H and O–H groups in total. The minimum Gasteiger partial charge on any atom is -0.478 e. The van der Waals surface area contributed by atoms with Crippen molar-refractivity contribution < 1.29 is 37.3 Å². The van der Waals surface area contributed by atoms with Gasteiger partial charge < -0.3 is 15.1 Å². The molecule has 2 aromatic carbocycles. The number of carbonyl (C=O) groups is 2. The third kappa shape index (κ3) is 5.58.